The van der Waals surface area contributed by atoms with Crippen LogP contribution in [0.3, 0.4) is 0 Å². The van der Waals surface area contributed by atoms with Crippen molar-refractivity contribution in [1.82, 2.24) is 20.8 Å². The molecule has 0 unspecified atom stereocenters. The third-order valence-corrected chi connectivity index (χ3v) is 2.89. The van der Waals surface area contributed by atoms with Crippen molar-refractivity contribution in [3.05, 3.63) is 53.3 Å². The fourth-order valence-electron chi connectivity index (χ4n) is 1.77. The summed E-state index contributed by atoms with van der Waals surface area (Å²) in [7, 11) is 0. The molecule has 1 aromatic carbocycles. The Kier molecular flexibility index (Phi) is 5.17. The first kappa shape index (κ1) is 14.1. The summed E-state index contributed by atoms with van der Waals surface area (Å²) in [6.07, 6.45) is 1.74. The maximum atomic E-state index is 4.57. The number of hydrogen-bond donors (Lipinski definition) is 3. The lowest BCUT2D eigenvalue weighted by Gasteiger charge is -2.10. The Balaban J connectivity index is 1.92. The van der Waals surface area contributed by atoms with E-state index in [9.17, 15) is 0 Å². The molecular formula is C15H21N5. The zero-order valence-electron chi connectivity index (χ0n) is 12.0. The summed E-state index contributed by atoms with van der Waals surface area (Å²) in [6.45, 7) is 6.32. The standard InChI is InChI=1S/C15H21N5/c1-3-16-15(18-11-14-8-9-19-20-14)17-10-13-6-4-12(2)5-7-13/h4-9H,3,10-11H2,1-2H3,(H,19,20)(H2,16,17,18). The van der Waals surface area contributed by atoms with E-state index in [0.29, 0.717) is 13.1 Å². The van der Waals surface area contributed by atoms with Crippen LogP contribution >= 0.6 is 0 Å². The topological polar surface area (TPSA) is 65.1 Å². The normalized spacial score (nSPS) is 11.4. The molecule has 0 saturated carbocycles. The van der Waals surface area contributed by atoms with Gasteiger partial charge in [0.05, 0.1) is 18.8 Å². The van der Waals surface area contributed by atoms with E-state index in [1.54, 1.807) is 6.20 Å². The highest BCUT2D eigenvalue weighted by molar-refractivity contribution is 5.79. The van der Waals surface area contributed by atoms with E-state index in [2.05, 4.69) is 63.9 Å². The van der Waals surface area contributed by atoms with Crippen molar-refractivity contribution >= 4 is 5.96 Å². The Morgan fingerprint density at radius 1 is 1.20 bits per heavy atom. The van der Waals surface area contributed by atoms with Gasteiger partial charge in [-0.25, -0.2) is 4.99 Å². The molecule has 0 bridgehead atoms. The van der Waals surface area contributed by atoms with E-state index < -0.39 is 0 Å². The number of H-pyrrole nitrogens is 1. The first-order valence-corrected chi connectivity index (χ1v) is 6.84. The molecule has 0 atom stereocenters. The maximum Gasteiger partial charge on any atom is 0.191 e. The number of rotatable bonds is 5. The van der Waals surface area contributed by atoms with Gasteiger partial charge in [0.1, 0.15) is 0 Å². The fourth-order valence-corrected chi connectivity index (χ4v) is 1.77. The molecule has 0 saturated heterocycles. The lowest BCUT2D eigenvalue weighted by molar-refractivity contribution is 0.794. The number of aliphatic imine (C=N–C) groups is 1. The molecule has 0 radical (unpaired) electrons. The minimum Gasteiger partial charge on any atom is -0.357 e. The van der Waals surface area contributed by atoms with Crippen LogP contribution in [0.4, 0.5) is 0 Å². The molecule has 0 spiro atoms. The van der Waals surface area contributed by atoms with Gasteiger partial charge in [-0.1, -0.05) is 29.8 Å². The Morgan fingerprint density at radius 2 is 2.00 bits per heavy atom. The van der Waals surface area contributed by atoms with Crippen LogP contribution in [0.1, 0.15) is 23.7 Å². The van der Waals surface area contributed by atoms with Gasteiger partial charge in [0.15, 0.2) is 5.96 Å². The monoisotopic (exact) mass is 271 g/mol. The smallest absolute Gasteiger partial charge is 0.191 e. The first-order valence-electron chi connectivity index (χ1n) is 6.84. The molecule has 1 heterocycles. The molecule has 20 heavy (non-hydrogen) atoms. The molecule has 5 heteroatoms. The van der Waals surface area contributed by atoms with Crippen LogP contribution in [0, 0.1) is 6.92 Å². The van der Waals surface area contributed by atoms with Crippen molar-refractivity contribution in [3.63, 3.8) is 0 Å². The van der Waals surface area contributed by atoms with Crippen molar-refractivity contribution < 1.29 is 0 Å². The predicted molar refractivity (Wildman–Crippen MR) is 81.4 cm³/mol. The Morgan fingerprint density at radius 3 is 2.65 bits per heavy atom. The summed E-state index contributed by atoms with van der Waals surface area (Å²) in [5.74, 6) is 0.808. The van der Waals surface area contributed by atoms with Gasteiger partial charge in [-0.05, 0) is 25.5 Å². The van der Waals surface area contributed by atoms with Crippen molar-refractivity contribution in [2.75, 3.05) is 6.54 Å². The summed E-state index contributed by atoms with van der Waals surface area (Å²) in [5, 5.41) is 13.3. The van der Waals surface area contributed by atoms with E-state index in [4.69, 9.17) is 0 Å². The van der Waals surface area contributed by atoms with Gasteiger partial charge < -0.3 is 10.6 Å². The molecule has 0 aliphatic heterocycles. The number of aryl methyl sites for hydroxylation is 1. The molecule has 2 rings (SSSR count). The van der Waals surface area contributed by atoms with Crippen molar-refractivity contribution in [3.8, 4) is 0 Å². The van der Waals surface area contributed by atoms with Crippen LogP contribution in [-0.4, -0.2) is 22.7 Å². The van der Waals surface area contributed by atoms with Gasteiger partial charge in [0, 0.05) is 12.7 Å². The van der Waals surface area contributed by atoms with Gasteiger partial charge in [0.25, 0.3) is 0 Å². The fraction of sp³-hybridized carbons (Fsp3) is 0.333. The van der Waals surface area contributed by atoms with E-state index in [-0.39, 0.29) is 0 Å². The third kappa shape index (κ3) is 4.42. The lowest BCUT2D eigenvalue weighted by Crippen LogP contribution is -2.36. The zero-order chi connectivity index (χ0) is 14.2. The number of benzene rings is 1. The number of aromatic nitrogens is 2. The second-order valence-corrected chi connectivity index (χ2v) is 4.62. The van der Waals surface area contributed by atoms with Crippen molar-refractivity contribution in [1.29, 1.82) is 0 Å². The van der Waals surface area contributed by atoms with Crippen LogP contribution in [0.15, 0.2) is 41.5 Å². The molecule has 0 amide bonds. The number of nitrogens with one attached hydrogen (secondary N) is 3. The summed E-state index contributed by atoms with van der Waals surface area (Å²) in [4.78, 5) is 4.57. The van der Waals surface area contributed by atoms with Gasteiger partial charge in [-0.2, -0.15) is 5.10 Å². The second kappa shape index (κ2) is 7.33. The van der Waals surface area contributed by atoms with Crippen molar-refractivity contribution in [2.45, 2.75) is 26.9 Å². The highest BCUT2D eigenvalue weighted by Crippen LogP contribution is 2.04. The van der Waals surface area contributed by atoms with Gasteiger partial charge in [0.2, 0.25) is 0 Å². The number of nitrogens with zero attached hydrogens (tertiary/aromatic N) is 2. The Labute approximate surface area is 119 Å². The van der Waals surface area contributed by atoms with Crippen LogP contribution in [0.2, 0.25) is 0 Å². The van der Waals surface area contributed by atoms with Gasteiger partial charge in [-0.15, -0.1) is 0 Å². The maximum absolute atomic E-state index is 4.57. The minimum atomic E-state index is 0.665. The molecule has 3 N–H and O–H groups in total. The molecule has 106 valence electrons. The van der Waals surface area contributed by atoms with Crippen LogP contribution < -0.4 is 10.6 Å². The molecule has 1 aromatic heterocycles. The van der Waals surface area contributed by atoms with Gasteiger partial charge >= 0.3 is 0 Å². The third-order valence-electron chi connectivity index (χ3n) is 2.89. The van der Waals surface area contributed by atoms with E-state index >= 15 is 0 Å². The number of guanidine groups is 1. The van der Waals surface area contributed by atoms with Crippen LogP contribution in [-0.2, 0) is 13.1 Å². The summed E-state index contributed by atoms with van der Waals surface area (Å²) in [5.41, 5.74) is 3.50. The largest absolute Gasteiger partial charge is 0.357 e. The highest BCUT2D eigenvalue weighted by Gasteiger charge is 1.99. The average molecular weight is 271 g/mol. The van der Waals surface area contributed by atoms with E-state index in [0.717, 1.165) is 18.2 Å². The SMILES string of the molecule is CCNC(=NCc1ccc(C)cc1)NCc1ccn[nH]1. The summed E-state index contributed by atoms with van der Waals surface area (Å²) >= 11 is 0. The Bertz CT molecular complexity index is 528. The summed E-state index contributed by atoms with van der Waals surface area (Å²) < 4.78 is 0. The van der Waals surface area contributed by atoms with E-state index in [1.165, 1.54) is 11.1 Å². The molecule has 2 aromatic rings. The molecule has 0 aliphatic carbocycles. The summed E-state index contributed by atoms with van der Waals surface area (Å²) in [6, 6.07) is 10.4. The Hall–Kier alpha value is -2.30. The first-order chi connectivity index (χ1) is 9.78. The van der Waals surface area contributed by atoms with Crippen molar-refractivity contribution in [2.24, 2.45) is 4.99 Å². The lowest BCUT2D eigenvalue weighted by atomic mass is 10.1. The van der Waals surface area contributed by atoms with Crippen LogP contribution in [0.5, 0.6) is 0 Å². The minimum absolute atomic E-state index is 0.665. The van der Waals surface area contributed by atoms with Crippen LogP contribution in [0.25, 0.3) is 0 Å². The molecule has 5 nitrogen and oxygen atoms in total. The predicted octanol–water partition coefficient (Wildman–Crippen LogP) is 1.97. The van der Waals surface area contributed by atoms with E-state index in [1.807, 2.05) is 6.07 Å². The number of aromatic amines is 1. The molecule has 0 fully saturated rings. The van der Waals surface area contributed by atoms with Gasteiger partial charge in [-0.3, -0.25) is 5.10 Å². The second-order valence-electron chi connectivity index (χ2n) is 4.62. The highest BCUT2D eigenvalue weighted by atomic mass is 15.2. The molecule has 0 aliphatic rings. The zero-order valence-corrected chi connectivity index (χ0v) is 12.0. The quantitative estimate of drug-likeness (QED) is 0.575. The molecular weight excluding hydrogens is 250 g/mol. The average Bonchev–Trinajstić information content (AvgIpc) is 2.97. The number of hydrogen-bond acceptors (Lipinski definition) is 2.